The van der Waals surface area contributed by atoms with E-state index in [-0.39, 0.29) is 5.56 Å². The number of fused-ring (bicyclic) bond motifs is 5. The van der Waals surface area contributed by atoms with E-state index in [1.165, 1.54) is 0 Å². The summed E-state index contributed by atoms with van der Waals surface area (Å²) in [7, 11) is 5.73. The molecule has 3 aromatic carbocycles. The molecule has 4 nitrogen and oxygen atoms in total. The van der Waals surface area contributed by atoms with Gasteiger partial charge in [-0.25, -0.2) is 0 Å². The average Bonchev–Trinajstić information content (AvgIpc) is 2.66. The highest BCUT2D eigenvalue weighted by Gasteiger charge is 2.17. The Morgan fingerprint density at radius 2 is 1.62 bits per heavy atom. The van der Waals surface area contributed by atoms with Gasteiger partial charge in [0.1, 0.15) is 5.75 Å². The minimum atomic E-state index is 0.0494. The number of methoxy groups -OCH3 is 1. The van der Waals surface area contributed by atoms with Gasteiger partial charge < -0.3 is 14.2 Å². The van der Waals surface area contributed by atoms with Crippen LogP contribution in [0.3, 0.4) is 0 Å². The van der Waals surface area contributed by atoms with Crippen molar-refractivity contribution in [2.24, 2.45) is 0 Å². The van der Waals surface area contributed by atoms with Crippen LogP contribution >= 0.6 is 0 Å². The normalized spacial score (nSPS) is 11.7. The molecule has 0 spiro atoms. The van der Waals surface area contributed by atoms with E-state index in [1.54, 1.807) is 7.11 Å². The van der Waals surface area contributed by atoms with Crippen molar-refractivity contribution < 1.29 is 4.74 Å². The van der Waals surface area contributed by atoms with E-state index in [0.29, 0.717) is 6.54 Å². The zero-order valence-electron chi connectivity index (χ0n) is 15.3. The van der Waals surface area contributed by atoms with Crippen molar-refractivity contribution in [1.29, 1.82) is 0 Å². The lowest BCUT2D eigenvalue weighted by atomic mass is 10.00. The third-order valence-electron chi connectivity index (χ3n) is 4.92. The van der Waals surface area contributed by atoms with Gasteiger partial charge >= 0.3 is 0 Å². The maximum absolute atomic E-state index is 13.3. The van der Waals surface area contributed by atoms with Crippen LogP contribution in [0.2, 0.25) is 0 Å². The molecule has 0 bridgehead atoms. The van der Waals surface area contributed by atoms with Crippen LogP contribution in [0.5, 0.6) is 5.75 Å². The van der Waals surface area contributed by atoms with Crippen LogP contribution in [-0.2, 0) is 6.54 Å². The smallest absolute Gasteiger partial charge is 0.258 e. The minimum absolute atomic E-state index is 0.0494. The van der Waals surface area contributed by atoms with Gasteiger partial charge in [0, 0.05) is 34.6 Å². The van der Waals surface area contributed by atoms with E-state index in [2.05, 4.69) is 23.1 Å². The first-order valence-corrected chi connectivity index (χ1v) is 8.77. The Morgan fingerprint density at radius 1 is 0.962 bits per heavy atom. The second kappa shape index (κ2) is 6.46. The fraction of sp³-hybridized carbons (Fsp3) is 0.227. The standard InChI is InChI=1S/C22H22N2O2/c1-23(2)12-13-24-21-16-9-5-4-8-15(16)14-19(26-3)20(21)17-10-6-7-11-18(17)22(24)25/h4-11,14H,12-13H2,1-3H3. The topological polar surface area (TPSA) is 34.5 Å². The summed E-state index contributed by atoms with van der Waals surface area (Å²) in [6.07, 6.45) is 0. The van der Waals surface area contributed by atoms with E-state index in [4.69, 9.17) is 4.74 Å². The highest BCUT2D eigenvalue weighted by atomic mass is 16.5. The summed E-state index contributed by atoms with van der Waals surface area (Å²) in [5, 5.41) is 4.82. The van der Waals surface area contributed by atoms with Crippen molar-refractivity contribution >= 4 is 32.4 Å². The predicted molar refractivity (Wildman–Crippen MR) is 108 cm³/mol. The van der Waals surface area contributed by atoms with Crippen LogP contribution in [-0.4, -0.2) is 37.2 Å². The molecule has 0 aliphatic rings. The third-order valence-corrected chi connectivity index (χ3v) is 4.92. The first kappa shape index (κ1) is 16.6. The quantitative estimate of drug-likeness (QED) is 0.526. The summed E-state index contributed by atoms with van der Waals surface area (Å²) in [6.45, 7) is 1.42. The predicted octanol–water partition coefficient (Wildman–Crippen LogP) is 3.88. The largest absolute Gasteiger partial charge is 0.496 e. The van der Waals surface area contributed by atoms with Gasteiger partial charge in [0.05, 0.1) is 12.6 Å². The zero-order chi connectivity index (χ0) is 18.3. The Kier molecular flexibility index (Phi) is 4.13. The van der Waals surface area contributed by atoms with Crippen molar-refractivity contribution in [3.63, 3.8) is 0 Å². The lowest BCUT2D eigenvalue weighted by Gasteiger charge is -2.19. The first-order valence-electron chi connectivity index (χ1n) is 8.77. The molecule has 0 saturated carbocycles. The van der Waals surface area contributed by atoms with E-state index in [0.717, 1.165) is 44.7 Å². The molecule has 0 aliphatic carbocycles. The first-order chi connectivity index (χ1) is 12.6. The number of rotatable bonds is 4. The van der Waals surface area contributed by atoms with Gasteiger partial charge in [-0.3, -0.25) is 4.79 Å². The van der Waals surface area contributed by atoms with Crippen LogP contribution in [0.1, 0.15) is 0 Å². The lowest BCUT2D eigenvalue weighted by Crippen LogP contribution is -2.27. The fourth-order valence-corrected chi connectivity index (χ4v) is 3.65. The number of hydrogen-bond acceptors (Lipinski definition) is 3. The molecule has 1 heterocycles. The van der Waals surface area contributed by atoms with Gasteiger partial charge in [0.25, 0.3) is 5.56 Å². The molecular weight excluding hydrogens is 324 g/mol. The molecule has 4 rings (SSSR count). The number of benzene rings is 3. The van der Waals surface area contributed by atoms with E-state index in [1.807, 2.05) is 55.1 Å². The molecule has 0 atom stereocenters. The second-order valence-electron chi connectivity index (χ2n) is 6.83. The van der Waals surface area contributed by atoms with Crippen LogP contribution in [0, 0.1) is 0 Å². The van der Waals surface area contributed by atoms with Gasteiger partial charge in [-0.15, -0.1) is 0 Å². The highest BCUT2D eigenvalue weighted by Crippen LogP contribution is 2.36. The fourth-order valence-electron chi connectivity index (χ4n) is 3.65. The second-order valence-corrected chi connectivity index (χ2v) is 6.83. The molecule has 132 valence electrons. The summed E-state index contributed by atoms with van der Waals surface area (Å²) < 4.78 is 7.64. The van der Waals surface area contributed by atoms with Crippen molar-refractivity contribution in [3.8, 4) is 5.75 Å². The van der Waals surface area contributed by atoms with Crippen LogP contribution in [0.15, 0.2) is 59.4 Å². The number of hydrogen-bond donors (Lipinski definition) is 0. The summed E-state index contributed by atoms with van der Waals surface area (Å²) >= 11 is 0. The third kappa shape index (κ3) is 2.54. The summed E-state index contributed by atoms with van der Waals surface area (Å²) in [5.41, 5.74) is 0.999. The molecule has 0 N–H and O–H groups in total. The van der Waals surface area contributed by atoms with Crippen LogP contribution in [0.25, 0.3) is 32.4 Å². The van der Waals surface area contributed by atoms with Crippen molar-refractivity contribution in [1.82, 2.24) is 9.47 Å². The molecule has 0 unspecified atom stereocenters. The Balaban J connectivity index is 2.26. The minimum Gasteiger partial charge on any atom is -0.496 e. The van der Waals surface area contributed by atoms with Gasteiger partial charge in [-0.2, -0.15) is 0 Å². The van der Waals surface area contributed by atoms with Crippen molar-refractivity contribution in [2.45, 2.75) is 6.54 Å². The molecule has 0 fully saturated rings. The van der Waals surface area contributed by atoms with Gasteiger partial charge in [0.15, 0.2) is 0 Å². The molecule has 26 heavy (non-hydrogen) atoms. The summed E-state index contributed by atoms with van der Waals surface area (Å²) in [5.74, 6) is 0.800. The van der Waals surface area contributed by atoms with Crippen LogP contribution in [0.4, 0.5) is 0 Å². The Hall–Kier alpha value is -2.85. The summed E-state index contributed by atoms with van der Waals surface area (Å²) in [4.78, 5) is 15.4. The maximum atomic E-state index is 13.3. The lowest BCUT2D eigenvalue weighted by molar-refractivity contribution is 0.384. The molecule has 4 heteroatoms. The van der Waals surface area contributed by atoms with Gasteiger partial charge in [-0.1, -0.05) is 42.5 Å². The molecule has 0 radical (unpaired) electrons. The van der Waals surface area contributed by atoms with E-state index in [9.17, 15) is 4.79 Å². The number of aromatic nitrogens is 1. The molecule has 0 aliphatic heterocycles. The molecular formula is C22H22N2O2. The van der Waals surface area contributed by atoms with Gasteiger partial charge in [0.2, 0.25) is 0 Å². The zero-order valence-corrected chi connectivity index (χ0v) is 15.3. The maximum Gasteiger partial charge on any atom is 0.258 e. The SMILES string of the molecule is COc1cc2ccccc2c2c1c1ccccc1c(=O)n2CCN(C)C. The summed E-state index contributed by atoms with van der Waals surface area (Å²) in [6, 6.07) is 18.0. The van der Waals surface area contributed by atoms with Crippen molar-refractivity contribution in [3.05, 3.63) is 65.0 Å². The Labute approximate surface area is 152 Å². The Morgan fingerprint density at radius 3 is 2.31 bits per heavy atom. The monoisotopic (exact) mass is 346 g/mol. The molecule has 4 aromatic rings. The highest BCUT2D eigenvalue weighted by molar-refractivity contribution is 6.18. The Bertz CT molecular complexity index is 1180. The van der Waals surface area contributed by atoms with E-state index >= 15 is 0 Å². The number of likely N-dealkylation sites (N-methyl/N-ethyl adjacent to an activating group) is 1. The number of ether oxygens (including phenoxy) is 1. The number of nitrogens with zero attached hydrogens (tertiary/aromatic N) is 2. The molecule has 0 amide bonds. The molecule has 1 aromatic heterocycles. The van der Waals surface area contributed by atoms with Crippen LogP contribution < -0.4 is 10.3 Å². The number of pyridine rings is 1. The average molecular weight is 346 g/mol. The van der Waals surface area contributed by atoms with E-state index < -0.39 is 0 Å². The van der Waals surface area contributed by atoms with Crippen molar-refractivity contribution in [2.75, 3.05) is 27.7 Å². The molecule has 0 saturated heterocycles. The van der Waals surface area contributed by atoms with Gasteiger partial charge in [-0.05, 0) is 31.6 Å².